The molecule has 3 rings (SSSR count). The molecule has 3 aromatic carbocycles. The van der Waals surface area contributed by atoms with Crippen molar-refractivity contribution in [3.05, 3.63) is 83.9 Å². The first-order valence-electron chi connectivity index (χ1n) is 10.8. The normalized spacial score (nSPS) is 13.1. The molecule has 1 amide bonds. The van der Waals surface area contributed by atoms with Gasteiger partial charge < -0.3 is 20.5 Å². The van der Waals surface area contributed by atoms with E-state index in [-0.39, 0.29) is 10.6 Å². The van der Waals surface area contributed by atoms with Crippen LogP contribution in [0.25, 0.3) is 0 Å². The number of likely N-dealkylation sites (N-methyl/N-ethyl adjacent to an activating group) is 1. The molecular formula is C26H25F3N2O4S. The predicted octanol–water partition coefficient (Wildman–Crippen LogP) is 5.59. The van der Waals surface area contributed by atoms with Crippen molar-refractivity contribution in [2.75, 3.05) is 11.9 Å². The van der Waals surface area contributed by atoms with Gasteiger partial charge in [-0.2, -0.15) is 13.2 Å². The monoisotopic (exact) mass is 518 g/mol. The minimum Gasteiger partial charge on any atom is -0.489 e. The molecule has 0 saturated heterocycles. The number of nitrogens with two attached hydrogens (primary N) is 1. The fraction of sp³-hybridized carbons (Fsp3) is 0.231. The first-order valence-corrected chi connectivity index (χ1v) is 11.6. The van der Waals surface area contributed by atoms with Gasteiger partial charge in [0, 0.05) is 22.5 Å². The van der Waals surface area contributed by atoms with Gasteiger partial charge in [0.15, 0.2) is 0 Å². The zero-order valence-corrected chi connectivity index (χ0v) is 20.4. The summed E-state index contributed by atoms with van der Waals surface area (Å²) in [5.41, 5.74) is 4.01. The predicted molar refractivity (Wildman–Crippen MR) is 131 cm³/mol. The van der Waals surface area contributed by atoms with Crippen LogP contribution in [0.2, 0.25) is 0 Å². The van der Waals surface area contributed by atoms with Gasteiger partial charge in [-0.1, -0.05) is 48.2 Å². The van der Waals surface area contributed by atoms with Crippen LogP contribution in [0, 0.1) is 0 Å². The minimum absolute atomic E-state index is 0.0568. The number of anilines is 1. The number of rotatable bonds is 9. The number of carbonyl (C=O) groups excluding carboxylic acids is 1. The highest BCUT2D eigenvalue weighted by Crippen LogP contribution is 2.42. The Labute approximate surface area is 210 Å². The van der Waals surface area contributed by atoms with Crippen molar-refractivity contribution in [1.82, 2.24) is 0 Å². The van der Waals surface area contributed by atoms with Gasteiger partial charge in [-0.15, -0.1) is 0 Å². The van der Waals surface area contributed by atoms with Gasteiger partial charge in [0.05, 0.1) is 12.0 Å². The molecule has 0 aromatic heterocycles. The molecule has 6 nitrogen and oxygen atoms in total. The van der Waals surface area contributed by atoms with Crippen molar-refractivity contribution < 1.29 is 32.6 Å². The molecule has 0 saturated carbocycles. The number of aliphatic carboxylic acids is 1. The minimum atomic E-state index is -4.70. The topological polar surface area (TPSA) is 92.9 Å². The Balaban J connectivity index is 1.83. The van der Waals surface area contributed by atoms with Gasteiger partial charge in [0.1, 0.15) is 17.9 Å². The lowest BCUT2D eigenvalue weighted by molar-refractivity contribution is -0.141. The van der Waals surface area contributed by atoms with Gasteiger partial charge in [-0.25, -0.2) is 0 Å². The molecule has 0 aliphatic carbocycles. The number of hydrogen-bond acceptors (Lipinski definition) is 5. The lowest BCUT2D eigenvalue weighted by Crippen LogP contribution is -2.53. The quantitative estimate of drug-likeness (QED) is 0.384. The van der Waals surface area contributed by atoms with Crippen LogP contribution in [-0.2, 0) is 22.4 Å². The van der Waals surface area contributed by atoms with Crippen LogP contribution in [0.15, 0.2) is 82.6 Å². The fourth-order valence-electron chi connectivity index (χ4n) is 3.42. The summed E-state index contributed by atoms with van der Waals surface area (Å²) >= 11 is 0.914. The summed E-state index contributed by atoms with van der Waals surface area (Å²) in [6.45, 7) is 1.54. The number of alkyl halides is 3. The van der Waals surface area contributed by atoms with E-state index in [4.69, 9.17) is 15.6 Å². The Bertz CT molecular complexity index is 1230. The zero-order chi connectivity index (χ0) is 26.5. The number of halogens is 3. The van der Waals surface area contributed by atoms with Crippen molar-refractivity contribution in [3.63, 3.8) is 0 Å². The van der Waals surface area contributed by atoms with Crippen LogP contribution in [0.3, 0.4) is 0 Å². The molecule has 190 valence electrons. The van der Waals surface area contributed by atoms with E-state index in [0.29, 0.717) is 17.3 Å². The number of amides is 1. The third-order valence-electron chi connectivity index (χ3n) is 5.25. The average Bonchev–Trinajstić information content (AvgIpc) is 2.81. The maximum atomic E-state index is 13.9. The van der Waals surface area contributed by atoms with Gasteiger partial charge in [0.2, 0.25) is 5.91 Å². The number of benzene rings is 3. The third kappa shape index (κ3) is 7.02. The van der Waals surface area contributed by atoms with Crippen molar-refractivity contribution in [2.45, 2.75) is 41.5 Å². The van der Waals surface area contributed by atoms with Crippen molar-refractivity contribution >= 4 is 29.3 Å². The van der Waals surface area contributed by atoms with E-state index in [1.807, 2.05) is 30.3 Å². The van der Waals surface area contributed by atoms with Crippen LogP contribution in [0.4, 0.5) is 18.9 Å². The maximum Gasteiger partial charge on any atom is 0.417 e. The SMILES string of the molecule is CN(C(=O)[C@@](C)(N)CC(=O)O)c1ccc(Sc2cccc(OCc3ccccc3)c2)c(C(F)(F)F)c1. The molecule has 1 atom stereocenters. The van der Waals surface area contributed by atoms with E-state index < -0.39 is 35.6 Å². The largest absolute Gasteiger partial charge is 0.489 e. The lowest BCUT2D eigenvalue weighted by Gasteiger charge is -2.28. The second-order valence-corrected chi connectivity index (χ2v) is 9.50. The van der Waals surface area contributed by atoms with E-state index >= 15 is 0 Å². The highest BCUT2D eigenvalue weighted by atomic mass is 32.2. The molecule has 0 aliphatic rings. The number of carbonyl (C=O) groups is 2. The molecule has 0 radical (unpaired) electrons. The van der Waals surface area contributed by atoms with Gasteiger partial charge in [0.25, 0.3) is 0 Å². The molecule has 0 fully saturated rings. The molecular weight excluding hydrogens is 493 g/mol. The Hall–Kier alpha value is -3.50. The van der Waals surface area contributed by atoms with E-state index in [1.165, 1.54) is 26.1 Å². The van der Waals surface area contributed by atoms with Crippen molar-refractivity contribution in [3.8, 4) is 5.75 Å². The molecule has 3 N–H and O–H groups in total. The van der Waals surface area contributed by atoms with E-state index in [9.17, 15) is 22.8 Å². The van der Waals surface area contributed by atoms with Crippen LogP contribution in [0.1, 0.15) is 24.5 Å². The summed E-state index contributed by atoms with van der Waals surface area (Å²) in [4.78, 5) is 25.1. The van der Waals surface area contributed by atoms with Gasteiger partial charge in [-0.05, 0) is 48.9 Å². The first-order chi connectivity index (χ1) is 16.9. The third-order valence-corrected chi connectivity index (χ3v) is 6.31. The van der Waals surface area contributed by atoms with E-state index in [2.05, 4.69) is 0 Å². The second-order valence-electron chi connectivity index (χ2n) is 8.38. The Kier molecular flexibility index (Phi) is 8.31. The van der Waals surface area contributed by atoms with E-state index in [1.54, 1.807) is 24.3 Å². The molecule has 10 heteroatoms. The first kappa shape index (κ1) is 27.1. The molecule has 0 bridgehead atoms. The number of ether oxygens (including phenoxy) is 1. The summed E-state index contributed by atoms with van der Waals surface area (Å²) in [6.07, 6.45) is -5.37. The zero-order valence-electron chi connectivity index (χ0n) is 19.6. The molecule has 3 aromatic rings. The maximum absolute atomic E-state index is 13.9. The van der Waals surface area contributed by atoms with Gasteiger partial charge >= 0.3 is 12.1 Å². The van der Waals surface area contributed by atoms with Crippen LogP contribution in [0.5, 0.6) is 5.75 Å². The average molecular weight is 519 g/mol. The molecule has 0 spiro atoms. The Morgan fingerprint density at radius 2 is 1.72 bits per heavy atom. The summed E-state index contributed by atoms with van der Waals surface area (Å²) < 4.78 is 47.6. The van der Waals surface area contributed by atoms with Crippen molar-refractivity contribution in [1.29, 1.82) is 0 Å². The van der Waals surface area contributed by atoms with Crippen molar-refractivity contribution in [2.24, 2.45) is 5.73 Å². The second kappa shape index (κ2) is 11.0. The number of carboxylic acids is 1. The standard InChI is InChI=1S/C26H25F3N2O4S/c1-25(30,15-23(32)33)24(34)31(2)18-11-12-22(21(13-18)26(27,28)29)36-20-10-6-9-19(14-20)35-16-17-7-4-3-5-8-17/h3-14H,15-16,30H2,1-2H3,(H,32,33)/t25-/m0/s1. The summed E-state index contributed by atoms with van der Waals surface area (Å²) in [6, 6.07) is 19.7. The van der Waals surface area contributed by atoms with Crippen LogP contribution in [-0.4, -0.2) is 29.6 Å². The highest BCUT2D eigenvalue weighted by molar-refractivity contribution is 7.99. The number of carboxylic acid groups (broad SMARTS) is 1. The fourth-order valence-corrected chi connectivity index (χ4v) is 4.42. The number of hydrogen-bond donors (Lipinski definition) is 2. The molecule has 0 heterocycles. The molecule has 0 aliphatic heterocycles. The molecule has 36 heavy (non-hydrogen) atoms. The lowest BCUT2D eigenvalue weighted by atomic mass is 9.97. The van der Waals surface area contributed by atoms with Crippen LogP contribution >= 0.6 is 11.8 Å². The number of nitrogens with zero attached hydrogens (tertiary/aromatic N) is 1. The summed E-state index contributed by atoms with van der Waals surface area (Å²) in [5.74, 6) is -1.60. The Morgan fingerprint density at radius 3 is 2.36 bits per heavy atom. The van der Waals surface area contributed by atoms with E-state index in [0.717, 1.165) is 28.3 Å². The Morgan fingerprint density at radius 1 is 1.03 bits per heavy atom. The smallest absolute Gasteiger partial charge is 0.417 e. The van der Waals surface area contributed by atoms with Gasteiger partial charge in [-0.3, -0.25) is 9.59 Å². The summed E-state index contributed by atoms with van der Waals surface area (Å²) in [5, 5.41) is 8.98. The summed E-state index contributed by atoms with van der Waals surface area (Å²) in [7, 11) is 1.26. The highest BCUT2D eigenvalue weighted by Gasteiger charge is 2.37. The van der Waals surface area contributed by atoms with Crippen LogP contribution < -0.4 is 15.4 Å². The molecule has 0 unspecified atom stereocenters.